The lowest BCUT2D eigenvalue weighted by Crippen LogP contribution is -2.30. The van der Waals surface area contributed by atoms with Gasteiger partial charge in [0.2, 0.25) is 0 Å². The van der Waals surface area contributed by atoms with E-state index in [-0.39, 0.29) is 0 Å². The molecule has 6 heteroatoms. The smallest absolute Gasteiger partial charge is 0.162 e. The van der Waals surface area contributed by atoms with Crippen LogP contribution in [0, 0.1) is 0 Å². The van der Waals surface area contributed by atoms with Crippen LogP contribution < -0.4 is 4.90 Å². The second-order valence-corrected chi connectivity index (χ2v) is 7.15. The molecule has 3 aromatic rings. The van der Waals surface area contributed by atoms with Gasteiger partial charge in [0.15, 0.2) is 11.6 Å². The summed E-state index contributed by atoms with van der Waals surface area (Å²) in [5, 5.41) is 2.10. The van der Waals surface area contributed by atoms with Crippen LogP contribution in [0.3, 0.4) is 0 Å². The number of pyridine rings is 1. The maximum Gasteiger partial charge on any atom is 0.162 e. The first-order chi connectivity index (χ1) is 10.8. The van der Waals surface area contributed by atoms with Crippen LogP contribution in [0.1, 0.15) is 19.3 Å². The number of halogens is 1. The molecule has 0 spiro atoms. The van der Waals surface area contributed by atoms with Crippen LogP contribution in [0.5, 0.6) is 0 Å². The Balaban J connectivity index is 1.90. The molecule has 4 rings (SSSR count). The standard InChI is InChI=1S/C16H15BrN4S/c17-12-10-22-14-13(12)19-15(11-4-6-18-7-5-11)20-16(14)21-8-2-1-3-9-21/h4-7,10H,1-3,8-9H2. The van der Waals surface area contributed by atoms with Crippen LogP contribution in [-0.4, -0.2) is 28.0 Å². The van der Waals surface area contributed by atoms with E-state index in [0.29, 0.717) is 0 Å². The first-order valence-electron chi connectivity index (χ1n) is 7.43. The number of fused-ring (bicyclic) bond motifs is 1. The summed E-state index contributed by atoms with van der Waals surface area (Å²) in [6.07, 6.45) is 7.36. The molecule has 0 unspecified atom stereocenters. The molecule has 3 aromatic heterocycles. The van der Waals surface area contributed by atoms with E-state index in [4.69, 9.17) is 9.97 Å². The van der Waals surface area contributed by atoms with Crippen molar-refractivity contribution in [2.45, 2.75) is 19.3 Å². The van der Waals surface area contributed by atoms with E-state index >= 15 is 0 Å². The van der Waals surface area contributed by atoms with Crippen molar-refractivity contribution in [2.75, 3.05) is 18.0 Å². The molecule has 1 saturated heterocycles. The van der Waals surface area contributed by atoms with Crippen LogP contribution in [0.25, 0.3) is 21.6 Å². The summed E-state index contributed by atoms with van der Waals surface area (Å²) in [6.45, 7) is 2.16. The monoisotopic (exact) mass is 374 g/mol. The van der Waals surface area contributed by atoms with E-state index in [2.05, 4.69) is 31.2 Å². The predicted octanol–water partition coefficient (Wildman–Crippen LogP) is 4.51. The summed E-state index contributed by atoms with van der Waals surface area (Å²) in [6, 6.07) is 3.92. The Hall–Kier alpha value is -1.53. The van der Waals surface area contributed by atoms with Crippen molar-refractivity contribution in [1.82, 2.24) is 15.0 Å². The van der Waals surface area contributed by atoms with Crippen LogP contribution in [0.4, 0.5) is 5.82 Å². The lowest BCUT2D eigenvalue weighted by molar-refractivity contribution is 0.575. The van der Waals surface area contributed by atoms with E-state index in [1.54, 1.807) is 23.7 Å². The minimum absolute atomic E-state index is 0.773. The molecule has 0 aliphatic carbocycles. The van der Waals surface area contributed by atoms with E-state index in [1.165, 1.54) is 24.0 Å². The maximum atomic E-state index is 4.88. The van der Waals surface area contributed by atoms with Crippen molar-refractivity contribution >= 4 is 43.3 Å². The van der Waals surface area contributed by atoms with Crippen LogP contribution in [0.15, 0.2) is 34.4 Å². The van der Waals surface area contributed by atoms with Crippen LogP contribution in [-0.2, 0) is 0 Å². The molecule has 4 nitrogen and oxygen atoms in total. The second kappa shape index (κ2) is 5.93. The molecule has 112 valence electrons. The fourth-order valence-corrected chi connectivity index (χ4v) is 4.40. The maximum absolute atomic E-state index is 4.88. The molecule has 1 aliphatic heterocycles. The van der Waals surface area contributed by atoms with E-state index in [9.17, 15) is 0 Å². The molecular formula is C16H15BrN4S. The van der Waals surface area contributed by atoms with Crippen LogP contribution >= 0.6 is 27.3 Å². The molecule has 0 bridgehead atoms. The highest BCUT2D eigenvalue weighted by molar-refractivity contribution is 9.10. The van der Waals surface area contributed by atoms with Crippen molar-refractivity contribution in [3.63, 3.8) is 0 Å². The number of anilines is 1. The number of piperidine rings is 1. The molecule has 22 heavy (non-hydrogen) atoms. The Morgan fingerprint density at radius 2 is 1.82 bits per heavy atom. The fourth-order valence-electron chi connectivity index (χ4n) is 2.83. The summed E-state index contributed by atoms with van der Waals surface area (Å²) < 4.78 is 2.22. The second-order valence-electron chi connectivity index (χ2n) is 5.42. The number of nitrogens with zero attached hydrogens (tertiary/aromatic N) is 4. The number of aromatic nitrogens is 3. The van der Waals surface area contributed by atoms with Gasteiger partial charge < -0.3 is 4.90 Å². The summed E-state index contributed by atoms with van der Waals surface area (Å²) in [5.74, 6) is 1.85. The summed E-state index contributed by atoms with van der Waals surface area (Å²) in [5.41, 5.74) is 2.01. The number of hydrogen-bond acceptors (Lipinski definition) is 5. The third-order valence-corrected chi connectivity index (χ3v) is 5.82. The Bertz CT molecular complexity index is 797. The van der Waals surface area contributed by atoms with Gasteiger partial charge in [0.25, 0.3) is 0 Å². The Morgan fingerprint density at radius 3 is 2.59 bits per heavy atom. The van der Waals surface area contributed by atoms with Crippen molar-refractivity contribution in [3.05, 3.63) is 34.4 Å². The minimum Gasteiger partial charge on any atom is -0.355 e. The number of thiophene rings is 1. The number of hydrogen-bond donors (Lipinski definition) is 0. The minimum atomic E-state index is 0.773. The average molecular weight is 375 g/mol. The molecule has 0 amide bonds. The third kappa shape index (κ3) is 2.50. The van der Waals surface area contributed by atoms with Crippen molar-refractivity contribution < 1.29 is 0 Å². The van der Waals surface area contributed by atoms with Gasteiger partial charge in [-0.3, -0.25) is 4.98 Å². The third-order valence-electron chi connectivity index (χ3n) is 3.95. The van der Waals surface area contributed by atoms with Gasteiger partial charge in [-0.15, -0.1) is 11.3 Å². The van der Waals surface area contributed by atoms with Crippen LogP contribution in [0.2, 0.25) is 0 Å². The van der Waals surface area contributed by atoms with Gasteiger partial charge in [0.1, 0.15) is 5.52 Å². The lowest BCUT2D eigenvalue weighted by Gasteiger charge is -2.28. The molecule has 1 aliphatic rings. The SMILES string of the molecule is Brc1csc2c(N3CCCCC3)nc(-c3ccncc3)nc12. The molecule has 0 radical (unpaired) electrons. The molecule has 0 N–H and O–H groups in total. The zero-order chi connectivity index (χ0) is 14.9. The van der Waals surface area contributed by atoms with E-state index in [1.807, 2.05) is 12.1 Å². The summed E-state index contributed by atoms with van der Waals surface area (Å²) in [4.78, 5) is 16.1. The molecule has 1 fully saturated rings. The Morgan fingerprint density at radius 1 is 1.05 bits per heavy atom. The molecule has 0 aromatic carbocycles. The first-order valence-corrected chi connectivity index (χ1v) is 9.10. The van der Waals surface area contributed by atoms with Gasteiger partial charge in [0, 0.05) is 36.4 Å². The normalized spacial score (nSPS) is 15.4. The van der Waals surface area contributed by atoms with Crippen molar-refractivity contribution in [2.24, 2.45) is 0 Å². The quantitative estimate of drug-likeness (QED) is 0.661. The van der Waals surface area contributed by atoms with Gasteiger partial charge in [-0.25, -0.2) is 9.97 Å². The molecule has 4 heterocycles. The molecule has 0 atom stereocenters. The summed E-state index contributed by atoms with van der Waals surface area (Å²) in [7, 11) is 0. The van der Waals surface area contributed by atoms with E-state index < -0.39 is 0 Å². The highest BCUT2D eigenvalue weighted by Gasteiger charge is 2.19. The predicted molar refractivity (Wildman–Crippen MR) is 94.4 cm³/mol. The lowest BCUT2D eigenvalue weighted by atomic mass is 10.1. The zero-order valence-corrected chi connectivity index (χ0v) is 14.4. The van der Waals surface area contributed by atoms with Gasteiger partial charge in [-0.1, -0.05) is 0 Å². The van der Waals surface area contributed by atoms with E-state index in [0.717, 1.165) is 40.3 Å². The highest BCUT2D eigenvalue weighted by Crippen LogP contribution is 2.37. The van der Waals surface area contributed by atoms with Crippen molar-refractivity contribution in [3.8, 4) is 11.4 Å². The highest BCUT2D eigenvalue weighted by atomic mass is 79.9. The average Bonchev–Trinajstić information content (AvgIpc) is 2.97. The Kier molecular flexibility index (Phi) is 3.80. The van der Waals surface area contributed by atoms with Crippen molar-refractivity contribution in [1.29, 1.82) is 0 Å². The topological polar surface area (TPSA) is 41.9 Å². The van der Waals surface area contributed by atoms with Gasteiger partial charge >= 0.3 is 0 Å². The first kappa shape index (κ1) is 14.1. The largest absolute Gasteiger partial charge is 0.355 e. The Labute approximate surface area is 141 Å². The summed E-state index contributed by atoms with van der Waals surface area (Å²) >= 11 is 5.33. The number of rotatable bonds is 2. The van der Waals surface area contributed by atoms with Gasteiger partial charge in [-0.05, 0) is 47.3 Å². The van der Waals surface area contributed by atoms with Gasteiger partial charge in [0.05, 0.1) is 9.17 Å². The molecule has 0 saturated carbocycles. The zero-order valence-electron chi connectivity index (χ0n) is 12.0. The molecular weight excluding hydrogens is 360 g/mol. The fraction of sp³-hybridized carbons (Fsp3) is 0.312. The van der Waals surface area contributed by atoms with Gasteiger partial charge in [-0.2, -0.15) is 0 Å².